The number of hydrogen-bond donors (Lipinski definition) is 2. The summed E-state index contributed by atoms with van der Waals surface area (Å²) in [5, 5.41) is 2.30. The Labute approximate surface area is 142 Å². The molecule has 0 aliphatic rings. The predicted octanol–water partition coefficient (Wildman–Crippen LogP) is 3.17. The number of alkyl halides is 3. The van der Waals surface area contributed by atoms with E-state index in [-0.39, 0.29) is 10.6 Å². The summed E-state index contributed by atoms with van der Waals surface area (Å²) in [4.78, 5) is 12.1. The summed E-state index contributed by atoms with van der Waals surface area (Å²) < 4.78 is 65.0. The summed E-state index contributed by atoms with van der Waals surface area (Å²) >= 11 is 0. The number of benzene rings is 2. The van der Waals surface area contributed by atoms with Crippen molar-refractivity contribution in [3.05, 3.63) is 59.2 Å². The quantitative estimate of drug-likeness (QED) is 0.866. The standard InChI is InChI=1S/C16H15F3N2O3S/c1-10-7-8-11(9-14(10)25(23,24)20-2)21-15(22)12-5-3-4-6-13(12)16(17,18)19/h3-9,20H,1-2H3,(H,21,22). The Morgan fingerprint density at radius 3 is 2.32 bits per heavy atom. The molecule has 9 heteroatoms. The van der Waals surface area contributed by atoms with Gasteiger partial charge in [0.25, 0.3) is 5.91 Å². The monoisotopic (exact) mass is 372 g/mol. The Morgan fingerprint density at radius 2 is 1.72 bits per heavy atom. The molecule has 0 radical (unpaired) electrons. The summed E-state index contributed by atoms with van der Waals surface area (Å²) in [5.41, 5.74) is -1.11. The topological polar surface area (TPSA) is 75.3 Å². The SMILES string of the molecule is CNS(=O)(=O)c1cc(NC(=O)c2ccccc2C(F)(F)F)ccc1C. The van der Waals surface area contributed by atoms with E-state index in [1.54, 1.807) is 6.92 Å². The molecule has 0 aliphatic heterocycles. The van der Waals surface area contributed by atoms with Crippen molar-refractivity contribution in [1.29, 1.82) is 0 Å². The maximum absolute atomic E-state index is 13.0. The van der Waals surface area contributed by atoms with E-state index in [0.717, 1.165) is 12.1 Å². The summed E-state index contributed by atoms with van der Waals surface area (Å²) in [6, 6.07) is 8.42. The second-order valence-corrected chi connectivity index (χ2v) is 7.04. The largest absolute Gasteiger partial charge is 0.417 e. The fourth-order valence-corrected chi connectivity index (χ4v) is 3.20. The van der Waals surface area contributed by atoms with Crippen LogP contribution in [0.2, 0.25) is 0 Å². The molecule has 2 aromatic rings. The lowest BCUT2D eigenvalue weighted by molar-refractivity contribution is -0.137. The fourth-order valence-electron chi connectivity index (χ4n) is 2.20. The van der Waals surface area contributed by atoms with Crippen LogP contribution in [0.25, 0.3) is 0 Å². The molecule has 1 amide bonds. The van der Waals surface area contributed by atoms with Crippen LogP contribution in [-0.2, 0) is 16.2 Å². The highest BCUT2D eigenvalue weighted by Crippen LogP contribution is 2.32. The Bertz CT molecular complexity index is 909. The average molecular weight is 372 g/mol. The molecule has 0 aliphatic carbocycles. The Morgan fingerprint density at radius 1 is 1.08 bits per heavy atom. The normalized spacial score (nSPS) is 12.0. The van der Waals surface area contributed by atoms with Crippen LogP contribution in [0.15, 0.2) is 47.4 Å². The molecule has 5 nitrogen and oxygen atoms in total. The number of rotatable bonds is 4. The molecule has 0 heterocycles. The summed E-state index contributed by atoms with van der Waals surface area (Å²) in [7, 11) is -2.53. The predicted molar refractivity (Wildman–Crippen MR) is 86.8 cm³/mol. The Balaban J connectivity index is 2.39. The van der Waals surface area contributed by atoms with Gasteiger partial charge in [-0.2, -0.15) is 13.2 Å². The number of nitrogens with one attached hydrogen (secondary N) is 2. The van der Waals surface area contributed by atoms with Crippen LogP contribution in [-0.4, -0.2) is 21.4 Å². The second-order valence-electron chi connectivity index (χ2n) is 5.19. The zero-order valence-corrected chi connectivity index (χ0v) is 14.1. The molecule has 0 bridgehead atoms. The number of hydrogen-bond acceptors (Lipinski definition) is 3. The van der Waals surface area contributed by atoms with E-state index in [1.807, 2.05) is 0 Å². The number of anilines is 1. The van der Waals surface area contributed by atoms with Crippen molar-refractivity contribution in [3.63, 3.8) is 0 Å². The lowest BCUT2D eigenvalue weighted by Crippen LogP contribution is -2.21. The number of halogens is 3. The van der Waals surface area contributed by atoms with Gasteiger partial charge in [-0.05, 0) is 43.8 Å². The molecule has 2 aromatic carbocycles. The molecule has 0 fully saturated rings. The van der Waals surface area contributed by atoms with Crippen molar-refractivity contribution in [2.24, 2.45) is 0 Å². The lowest BCUT2D eigenvalue weighted by Gasteiger charge is -2.14. The second kappa shape index (κ2) is 6.85. The zero-order valence-electron chi connectivity index (χ0n) is 13.3. The van der Waals surface area contributed by atoms with E-state index in [9.17, 15) is 26.4 Å². The smallest absolute Gasteiger partial charge is 0.322 e. The van der Waals surface area contributed by atoms with Crippen LogP contribution in [0.3, 0.4) is 0 Å². The average Bonchev–Trinajstić information content (AvgIpc) is 2.55. The third kappa shape index (κ3) is 4.18. The number of carbonyl (C=O) groups excluding carboxylic acids is 1. The van der Waals surface area contributed by atoms with E-state index >= 15 is 0 Å². The molecule has 0 spiro atoms. The van der Waals surface area contributed by atoms with Crippen molar-refractivity contribution in [1.82, 2.24) is 4.72 Å². The molecule has 2 rings (SSSR count). The third-order valence-electron chi connectivity index (χ3n) is 3.48. The van der Waals surface area contributed by atoms with Gasteiger partial charge in [0.2, 0.25) is 10.0 Å². The first kappa shape index (κ1) is 18.9. The van der Waals surface area contributed by atoms with Gasteiger partial charge in [0.15, 0.2) is 0 Å². The summed E-state index contributed by atoms with van der Waals surface area (Å²) in [5.74, 6) is -0.982. The highest BCUT2D eigenvalue weighted by molar-refractivity contribution is 7.89. The van der Waals surface area contributed by atoms with Crippen LogP contribution in [0, 0.1) is 6.92 Å². The van der Waals surface area contributed by atoms with Crippen LogP contribution < -0.4 is 10.0 Å². The molecule has 0 aromatic heterocycles. The van der Waals surface area contributed by atoms with E-state index in [2.05, 4.69) is 10.0 Å². The first-order valence-corrected chi connectivity index (χ1v) is 8.56. The highest BCUT2D eigenvalue weighted by Gasteiger charge is 2.34. The number of amides is 1. The maximum Gasteiger partial charge on any atom is 0.417 e. The number of aryl methyl sites for hydroxylation is 1. The van der Waals surface area contributed by atoms with E-state index < -0.39 is 33.2 Å². The molecular formula is C16H15F3N2O3S. The molecule has 2 N–H and O–H groups in total. The van der Waals surface area contributed by atoms with E-state index in [4.69, 9.17) is 0 Å². The minimum atomic E-state index is -4.68. The van der Waals surface area contributed by atoms with Crippen LogP contribution in [0.1, 0.15) is 21.5 Å². The van der Waals surface area contributed by atoms with Gasteiger partial charge < -0.3 is 5.32 Å². The molecular weight excluding hydrogens is 357 g/mol. The number of carbonyl (C=O) groups is 1. The van der Waals surface area contributed by atoms with Crippen molar-refractivity contribution >= 4 is 21.6 Å². The molecule has 134 valence electrons. The van der Waals surface area contributed by atoms with Crippen molar-refractivity contribution < 1.29 is 26.4 Å². The highest BCUT2D eigenvalue weighted by atomic mass is 32.2. The van der Waals surface area contributed by atoms with Gasteiger partial charge >= 0.3 is 6.18 Å². The summed E-state index contributed by atoms with van der Waals surface area (Å²) in [6.07, 6.45) is -4.68. The van der Waals surface area contributed by atoms with Crippen molar-refractivity contribution in [3.8, 4) is 0 Å². The summed E-state index contributed by atoms with van der Waals surface area (Å²) in [6.45, 7) is 1.56. The first-order chi connectivity index (χ1) is 11.6. The van der Waals surface area contributed by atoms with Gasteiger partial charge in [-0.15, -0.1) is 0 Å². The van der Waals surface area contributed by atoms with Crippen molar-refractivity contribution in [2.75, 3.05) is 12.4 Å². The van der Waals surface area contributed by atoms with Crippen LogP contribution >= 0.6 is 0 Å². The molecule has 0 unspecified atom stereocenters. The van der Waals surface area contributed by atoms with E-state index in [0.29, 0.717) is 5.56 Å². The Kier molecular flexibility index (Phi) is 5.19. The lowest BCUT2D eigenvalue weighted by atomic mass is 10.1. The molecule has 0 saturated heterocycles. The van der Waals surface area contributed by atoms with Gasteiger partial charge in [0, 0.05) is 5.69 Å². The fraction of sp³-hybridized carbons (Fsp3) is 0.188. The zero-order chi connectivity index (χ0) is 18.8. The first-order valence-electron chi connectivity index (χ1n) is 7.08. The Hall–Kier alpha value is -2.39. The molecule has 0 atom stereocenters. The van der Waals surface area contributed by atoms with Crippen LogP contribution in [0.5, 0.6) is 0 Å². The molecule has 0 saturated carbocycles. The maximum atomic E-state index is 13.0. The van der Waals surface area contributed by atoms with Gasteiger partial charge in [0.1, 0.15) is 0 Å². The minimum absolute atomic E-state index is 0.0707. The van der Waals surface area contributed by atoms with E-state index in [1.165, 1.54) is 37.4 Å². The minimum Gasteiger partial charge on any atom is -0.322 e. The number of sulfonamides is 1. The van der Waals surface area contributed by atoms with Gasteiger partial charge in [-0.3, -0.25) is 4.79 Å². The van der Waals surface area contributed by atoms with Gasteiger partial charge in [-0.1, -0.05) is 18.2 Å². The van der Waals surface area contributed by atoms with Gasteiger partial charge in [-0.25, -0.2) is 13.1 Å². The van der Waals surface area contributed by atoms with Gasteiger partial charge in [0.05, 0.1) is 16.0 Å². The third-order valence-corrected chi connectivity index (χ3v) is 5.04. The van der Waals surface area contributed by atoms with Crippen molar-refractivity contribution in [2.45, 2.75) is 18.0 Å². The van der Waals surface area contributed by atoms with Crippen LogP contribution in [0.4, 0.5) is 18.9 Å². The molecule has 25 heavy (non-hydrogen) atoms.